The molecule has 22 heavy (non-hydrogen) atoms. The van der Waals surface area contributed by atoms with Gasteiger partial charge in [0.15, 0.2) is 0 Å². The number of carbonyl (C=O) groups is 1. The van der Waals surface area contributed by atoms with E-state index in [1.807, 2.05) is 54.5 Å². The summed E-state index contributed by atoms with van der Waals surface area (Å²) in [7, 11) is 0. The number of aryl methyl sites for hydroxylation is 1. The van der Waals surface area contributed by atoms with Crippen molar-refractivity contribution in [1.29, 1.82) is 0 Å². The number of nitrogens with zero attached hydrogens (tertiary/aromatic N) is 1. The minimum absolute atomic E-state index is 0.0438. The summed E-state index contributed by atoms with van der Waals surface area (Å²) >= 11 is 1.66. The van der Waals surface area contributed by atoms with E-state index in [-0.39, 0.29) is 19.1 Å². The first kappa shape index (κ1) is 16.7. The van der Waals surface area contributed by atoms with Crippen LogP contribution in [-0.2, 0) is 11.3 Å². The highest BCUT2D eigenvalue weighted by atomic mass is 32.1. The monoisotopic (exact) mass is 318 g/mol. The highest BCUT2D eigenvalue weighted by Gasteiger charge is 2.13. The maximum Gasteiger partial charge on any atom is 0.238 e. The van der Waals surface area contributed by atoms with E-state index in [1.165, 1.54) is 4.88 Å². The number of hydrogen-bond donors (Lipinski definition) is 2. The van der Waals surface area contributed by atoms with Gasteiger partial charge in [0.25, 0.3) is 0 Å². The molecule has 5 heteroatoms. The third kappa shape index (κ3) is 4.66. The Hall–Kier alpha value is -1.69. The van der Waals surface area contributed by atoms with Gasteiger partial charge >= 0.3 is 0 Å². The van der Waals surface area contributed by atoms with Gasteiger partial charge in [0.2, 0.25) is 5.91 Å². The lowest BCUT2D eigenvalue weighted by atomic mass is 10.1. The standard InChI is InChI=1S/C17H22N2O2S/c1-13-5-3-7-16(14(13)2)18-17(21)12-19(8-9-20)11-15-6-4-10-22-15/h3-7,10,20H,8-9,11-12H2,1-2H3,(H,18,21). The molecule has 0 spiro atoms. The van der Waals surface area contributed by atoms with Gasteiger partial charge in [-0.2, -0.15) is 0 Å². The van der Waals surface area contributed by atoms with Crippen LogP contribution in [0.4, 0.5) is 5.69 Å². The first-order chi connectivity index (χ1) is 10.6. The summed E-state index contributed by atoms with van der Waals surface area (Å²) in [6, 6.07) is 9.91. The van der Waals surface area contributed by atoms with Gasteiger partial charge in [-0.25, -0.2) is 0 Å². The summed E-state index contributed by atoms with van der Waals surface area (Å²) in [4.78, 5) is 15.4. The molecule has 0 unspecified atom stereocenters. The van der Waals surface area contributed by atoms with Crippen LogP contribution in [0.2, 0.25) is 0 Å². The van der Waals surface area contributed by atoms with Gasteiger partial charge in [-0.05, 0) is 42.5 Å². The Morgan fingerprint density at radius 1 is 1.27 bits per heavy atom. The van der Waals surface area contributed by atoms with E-state index in [1.54, 1.807) is 11.3 Å². The molecule has 2 rings (SSSR count). The van der Waals surface area contributed by atoms with Crippen LogP contribution in [0.5, 0.6) is 0 Å². The van der Waals surface area contributed by atoms with Gasteiger partial charge in [-0.15, -0.1) is 11.3 Å². The van der Waals surface area contributed by atoms with Crippen LogP contribution < -0.4 is 5.32 Å². The van der Waals surface area contributed by atoms with Crippen molar-refractivity contribution in [3.8, 4) is 0 Å². The summed E-state index contributed by atoms with van der Waals surface area (Å²) in [6.45, 7) is 5.51. The van der Waals surface area contributed by atoms with Crippen LogP contribution in [0.3, 0.4) is 0 Å². The molecule has 0 bridgehead atoms. The van der Waals surface area contributed by atoms with Crippen LogP contribution in [0, 0.1) is 13.8 Å². The lowest BCUT2D eigenvalue weighted by Crippen LogP contribution is -2.34. The van der Waals surface area contributed by atoms with Crippen molar-refractivity contribution in [3.05, 3.63) is 51.7 Å². The SMILES string of the molecule is Cc1cccc(NC(=O)CN(CCO)Cc2cccs2)c1C. The maximum atomic E-state index is 12.3. The van der Waals surface area contributed by atoms with Crippen molar-refractivity contribution in [2.75, 3.05) is 25.0 Å². The second kappa shape index (κ2) is 8.08. The normalized spacial score (nSPS) is 10.9. The largest absolute Gasteiger partial charge is 0.395 e. The maximum absolute atomic E-state index is 12.3. The molecule has 0 radical (unpaired) electrons. The summed E-state index contributed by atoms with van der Waals surface area (Å²) in [5.41, 5.74) is 3.09. The quantitative estimate of drug-likeness (QED) is 0.825. The van der Waals surface area contributed by atoms with Crippen LogP contribution in [-0.4, -0.2) is 35.6 Å². The minimum atomic E-state index is -0.0568. The molecule has 2 aromatic rings. The fourth-order valence-corrected chi connectivity index (χ4v) is 3.00. The summed E-state index contributed by atoms with van der Waals surface area (Å²) in [6.07, 6.45) is 0. The number of aliphatic hydroxyl groups excluding tert-OH is 1. The van der Waals surface area contributed by atoms with Crippen molar-refractivity contribution in [1.82, 2.24) is 4.90 Å². The molecule has 1 amide bonds. The fourth-order valence-electron chi connectivity index (χ4n) is 2.26. The number of anilines is 1. The van der Waals surface area contributed by atoms with E-state index in [0.717, 1.165) is 16.8 Å². The van der Waals surface area contributed by atoms with Crippen LogP contribution in [0.15, 0.2) is 35.7 Å². The molecule has 0 atom stereocenters. The molecule has 0 saturated heterocycles. The molecule has 1 aromatic heterocycles. The number of benzene rings is 1. The number of amides is 1. The predicted molar refractivity (Wildman–Crippen MR) is 91.2 cm³/mol. The first-order valence-electron chi connectivity index (χ1n) is 7.32. The van der Waals surface area contributed by atoms with Gasteiger partial charge in [0.05, 0.1) is 13.2 Å². The number of aliphatic hydroxyl groups is 1. The van der Waals surface area contributed by atoms with Gasteiger partial charge in [-0.1, -0.05) is 18.2 Å². The number of thiophene rings is 1. The van der Waals surface area contributed by atoms with Crippen molar-refractivity contribution in [2.45, 2.75) is 20.4 Å². The Labute approximate surface area is 135 Å². The van der Waals surface area contributed by atoms with E-state index in [9.17, 15) is 9.90 Å². The van der Waals surface area contributed by atoms with Crippen molar-refractivity contribution < 1.29 is 9.90 Å². The highest BCUT2D eigenvalue weighted by molar-refractivity contribution is 7.09. The van der Waals surface area contributed by atoms with E-state index in [2.05, 4.69) is 5.32 Å². The van der Waals surface area contributed by atoms with Gasteiger partial charge in [0.1, 0.15) is 0 Å². The van der Waals surface area contributed by atoms with Crippen molar-refractivity contribution in [3.63, 3.8) is 0 Å². The molecular formula is C17H22N2O2S. The smallest absolute Gasteiger partial charge is 0.238 e. The van der Waals surface area contributed by atoms with Gasteiger partial charge < -0.3 is 10.4 Å². The molecular weight excluding hydrogens is 296 g/mol. The van der Waals surface area contributed by atoms with Crippen LogP contribution in [0.25, 0.3) is 0 Å². The van der Waals surface area contributed by atoms with E-state index >= 15 is 0 Å². The van der Waals surface area contributed by atoms with Gasteiger partial charge in [0, 0.05) is 23.7 Å². The van der Waals surface area contributed by atoms with E-state index in [0.29, 0.717) is 13.1 Å². The second-order valence-corrected chi connectivity index (χ2v) is 6.34. The lowest BCUT2D eigenvalue weighted by Gasteiger charge is -2.20. The molecule has 0 saturated carbocycles. The molecule has 1 heterocycles. The lowest BCUT2D eigenvalue weighted by molar-refractivity contribution is -0.117. The highest BCUT2D eigenvalue weighted by Crippen LogP contribution is 2.18. The fraction of sp³-hybridized carbons (Fsp3) is 0.353. The Bertz CT molecular complexity index is 611. The third-order valence-corrected chi connectivity index (χ3v) is 4.48. The summed E-state index contributed by atoms with van der Waals surface area (Å²) in [5.74, 6) is -0.0568. The number of carbonyl (C=O) groups excluding carboxylic acids is 1. The molecule has 0 fully saturated rings. The number of rotatable bonds is 7. The average Bonchev–Trinajstić information content (AvgIpc) is 2.97. The Kier molecular flexibility index (Phi) is 6.12. The Balaban J connectivity index is 1.97. The number of nitrogens with one attached hydrogen (secondary N) is 1. The first-order valence-corrected chi connectivity index (χ1v) is 8.19. The van der Waals surface area contributed by atoms with Crippen LogP contribution in [0.1, 0.15) is 16.0 Å². The second-order valence-electron chi connectivity index (χ2n) is 5.31. The molecule has 1 aromatic carbocycles. The average molecular weight is 318 g/mol. The Morgan fingerprint density at radius 2 is 2.09 bits per heavy atom. The molecule has 4 nitrogen and oxygen atoms in total. The molecule has 0 aliphatic heterocycles. The minimum Gasteiger partial charge on any atom is -0.395 e. The van der Waals surface area contributed by atoms with E-state index < -0.39 is 0 Å². The van der Waals surface area contributed by atoms with Crippen molar-refractivity contribution in [2.24, 2.45) is 0 Å². The molecule has 2 N–H and O–H groups in total. The summed E-state index contributed by atoms with van der Waals surface area (Å²) < 4.78 is 0. The zero-order chi connectivity index (χ0) is 15.9. The summed E-state index contributed by atoms with van der Waals surface area (Å²) in [5, 5.41) is 14.2. The number of hydrogen-bond acceptors (Lipinski definition) is 4. The third-order valence-electron chi connectivity index (χ3n) is 3.62. The molecule has 0 aliphatic carbocycles. The van der Waals surface area contributed by atoms with Crippen molar-refractivity contribution >= 4 is 22.9 Å². The zero-order valence-electron chi connectivity index (χ0n) is 13.0. The topological polar surface area (TPSA) is 52.6 Å². The van der Waals surface area contributed by atoms with E-state index in [4.69, 9.17) is 0 Å². The zero-order valence-corrected chi connectivity index (χ0v) is 13.8. The molecule has 118 valence electrons. The Morgan fingerprint density at radius 3 is 2.77 bits per heavy atom. The molecule has 0 aliphatic rings. The van der Waals surface area contributed by atoms with Crippen LogP contribution >= 0.6 is 11.3 Å². The van der Waals surface area contributed by atoms with Gasteiger partial charge in [-0.3, -0.25) is 9.69 Å². The predicted octanol–water partition coefficient (Wildman–Crippen LogP) is 2.80.